The molecule has 0 aliphatic carbocycles. The van der Waals surface area contributed by atoms with Crippen molar-refractivity contribution < 1.29 is 32.2 Å². The van der Waals surface area contributed by atoms with Crippen LogP contribution in [-0.4, -0.2) is 41.4 Å². The first-order chi connectivity index (χ1) is 17.9. The zero-order valence-electron chi connectivity index (χ0n) is 21.2. The highest BCUT2D eigenvalue weighted by Gasteiger charge is 2.30. The van der Waals surface area contributed by atoms with Gasteiger partial charge in [-0.15, -0.1) is 0 Å². The van der Waals surface area contributed by atoms with Crippen molar-refractivity contribution in [2.75, 3.05) is 13.7 Å². The molecule has 12 heteroatoms. The summed E-state index contributed by atoms with van der Waals surface area (Å²) < 4.78 is 56.3. The number of nitrogens with two attached hydrogens (primary N) is 1. The molecule has 1 heterocycles. The third-order valence-electron chi connectivity index (χ3n) is 5.41. The number of nitrogens with zero attached hydrogens (tertiary/aromatic N) is 2. The normalized spacial score (nSPS) is 13.2. The molecule has 3 aromatic rings. The van der Waals surface area contributed by atoms with Gasteiger partial charge in [-0.2, -0.15) is 13.2 Å². The average molecular weight is 552 g/mol. The van der Waals surface area contributed by atoms with Crippen LogP contribution in [0.3, 0.4) is 0 Å². The second-order valence-corrected chi connectivity index (χ2v) is 9.76. The van der Waals surface area contributed by atoms with Crippen molar-refractivity contribution in [1.82, 2.24) is 9.55 Å². The van der Waals surface area contributed by atoms with Crippen LogP contribution in [0.4, 0.5) is 13.2 Å². The van der Waals surface area contributed by atoms with E-state index in [4.69, 9.17) is 19.9 Å². The first-order valence-electron chi connectivity index (χ1n) is 11.6. The molecule has 0 saturated heterocycles. The van der Waals surface area contributed by atoms with Gasteiger partial charge in [-0.1, -0.05) is 25.6 Å². The summed E-state index contributed by atoms with van der Waals surface area (Å²) in [5.41, 5.74) is 5.03. The van der Waals surface area contributed by atoms with Gasteiger partial charge in [0.05, 0.1) is 18.4 Å². The Morgan fingerprint density at radius 1 is 1.11 bits per heavy atom. The van der Waals surface area contributed by atoms with Crippen LogP contribution in [0.1, 0.15) is 26.3 Å². The van der Waals surface area contributed by atoms with E-state index in [-0.39, 0.29) is 17.6 Å². The fraction of sp³-hybridized carbons (Fsp3) is 0.346. The smallest absolute Gasteiger partial charge is 0.416 e. The van der Waals surface area contributed by atoms with Crippen molar-refractivity contribution >= 4 is 17.7 Å². The van der Waals surface area contributed by atoms with E-state index >= 15 is 0 Å². The number of hydrogen-bond acceptors (Lipinski definition) is 8. The van der Waals surface area contributed by atoms with E-state index in [2.05, 4.69) is 4.98 Å². The molecule has 204 valence electrons. The number of aromatic nitrogens is 2. The summed E-state index contributed by atoms with van der Waals surface area (Å²) >= 11 is 0.957. The second kappa shape index (κ2) is 12.4. The van der Waals surface area contributed by atoms with Gasteiger partial charge in [-0.25, -0.2) is 4.98 Å². The van der Waals surface area contributed by atoms with Crippen molar-refractivity contribution in [2.24, 2.45) is 11.7 Å². The number of benzene rings is 2. The van der Waals surface area contributed by atoms with Gasteiger partial charge in [0, 0.05) is 23.4 Å². The number of alkyl halides is 3. The minimum Gasteiger partial charge on any atom is -0.493 e. The van der Waals surface area contributed by atoms with E-state index in [1.807, 2.05) is 13.8 Å². The number of carbonyl (C=O) groups excluding carboxylic acids is 1. The number of rotatable bonds is 10. The molecule has 0 bridgehead atoms. The van der Waals surface area contributed by atoms with E-state index in [1.54, 1.807) is 25.1 Å². The molecule has 0 spiro atoms. The lowest BCUT2D eigenvalue weighted by Gasteiger charge is -2.20. The zero-order chi connectivity index (χ0) is 28.0. The van der Waals surface area contributed by atoms with Crippen LogP contribution in [0.25, 0.3) is 5.69 Å². The molecule has 38 heavy (non-hydrogen) atoms. The molecule has 0 aliphatic rings. The van der Waals surface area contributed by atoms with Crippen molar-refractivity contribution in [2.45, 2.75) is 49.0 Å². The van der Waals surface area contributed by atoms with Crippen LogP contribution in [0.2, 0.25) is 0 Å². The monoisotopic (exact) mass is 551 g/mol. The highest BCUT2D eigenvalue weighted by atomic mass is 32.2. The summed E-state index contributed by atoms with van der Waals surface area (Å²) in [7, 11) is 1.44. The molecule has 1 aromatic heterocycles. The van der Waals surface area contributed by atoms with E-state index in [9.17, 15) is 22.8 Å². The van der Waals surface area contributed by atoms with Gasteiger partial charge in [0.25, 0.3) is 5.56 Å². The van der Waals surface area contributed by atoms with Crippen LogP contribution in [0, 0.1) is 5.92 Å². The summed E-state index contributed by atoms with van der Waals surface area (Å²) in [4.78, 5) is 29.6. The molecule has 2 N–H and O–H groups in total. The summed E-state index contributed by atoms with van der Waals surface area (Å²) in [5, 5.41) is 0.0850. The Labute approximate surface area is 221 Å². The maximum absolute atomic E-state index is 13.1. The standard InChI is InChI=1S/C26H28F3N3O5S/c1-15(2)22(30)25(34)37-16(3)14-36-20-10-7-18(13-21(20)35-4)32-12-11-31-23(24(32)33)38-19-8-5-17(6-9-19)26(27,28)29/h5-13,15-16,22H,14,30H2,1-4H3. The van der Waals surface area contributed by atoms with Gasteiger partial charge >= 0.3 is 12.1 Å². The van der Waals surface area contributed by atoms with E-state index in [0.717, 1.165) is 23.9 Å². The highest BCUT2D eigenvalue weighted by molar-refractivity contribution is 7.99. The number of ether oxygens (including phenoxy) is 3. The topological polar surface area (TPSA) is 106 Å². The summed E-state index contributed by atoms with van der Waals surface area (Å²) in [6, 6.07) is 8.59. The number of carbonyl (C=O) groups is 1. The van der Waals surface area contributed by atoms with E-state index in [0.29, 0.717) is 22.1 Å². The largest absolute Gasteiger partial charge is 0.493 e. The second-order valence-electron chi connectivity index (χ2n) is 8.70. The van der Waals surface area contributed by atoms with Crippen LogP contribution in [-0.2, 0) is 15.7 Å². The molecule has 0 saturated carbocycles. The van der Waals surface area contributed by atoms with Crippen LogP contribution in [0.15, 0.2) is 69.6 Å². The summed E-state index contributed by atoms with van der Waals surface area (Å²) in [5.74, 6) is 0.128. The van der Waals surface area contributed by atoms with E-state index in [1.165, 1.54) is 36.2 Å². The zero-order valence-corrected chi connectivity index (χ0v) is 22.0. The maximum Gasteiger partial charge on any atom is 0.416 e. The summed E-state index contributed by atoms with van der Waals surface area (Å²) in [6.45, 7) is 5.38. The summed E-state index contributed by atoms with van der Waals surface area (Å²) in [6.07, 6.45) is -2.12. The maximum atomic E-state index is 13.1. The lowest BCUT2D eigenvalue weighted by atomic mass is 10.1. The van der Waals surface area contributed by atoms with Gasteiger partial charge in [-0.3, -0.25) is 14.2 Å². The van der Waals surface area contributed by atoms with Crippen molar-refractivity contribution in [1.29, 1.82) is 0 Å². The predicted molar refractivity (Wildman–Crippen MR) is 136 cm³/mol. The highest BCUT2D eigenvalue weighted by Crippen LogP contribution is 2.32. The van der Waals surface area contributed by atoms with Crippen LogP contribution in [0.5, 0.6) is 11.5 Å². The first-order valence-corrected chi connectivity index (χ1v) is 12.4. The molecular formula is C26H28F3N3O5S. The number of hydrogen-bond donors (Lipinski definition) is 1. The van der Waals surface area contributed by atoms with Crippen LogP contribution >= 0.6 is 11.8 Å². The Bertz CT molecular complexity index is 1310. The Hall–Kier alpha value is -3.51. The minimum atomic E-state index is -4.44. The number of halogens is 3. The van der Waals surface area contributed by atoms with Gasteiger partial charge in [0.2, 0.25) is 0 Å². The van der Waals surface area contributed by atoms with Crippen molar-refractivity contribution in [3.05, 3.63) is 70.8 Å². The van der Waals surface area contributed by atoms with Gasteiger partial charge < -0.3 is 19.9 Å². The molecule has 0 fully saturated rings. The molecule has 0 amide bonds. The van der Waals surface area contributed by atoms with Gasteiger partial charge in [0.1, 0.15) is 18.8 Å². The minimum absolute atomic E-state index is 0.0510. The van der Waals surface area contributed by atoms with E-state index < -0.39 is 35.4 Å². The first kappa shape index (κ1) is 29.1. The Kier molecular flexibility index (Phi) is 9.45. The van der Waals surface area contributed by atoms with Crippen molar-refractivity contribution in [3.63, 3.8) is 0 Å². The van der Waals surface area contributed by atoms with Crippen molar-refractivity contribution in [3.8, 4) is 17.2 Å². The molecular weight excluding hydrogens is 523 g/mol. The SMILES string of the molecule is COc1cc(-n2ccnc(Sc3ccc(C(F)(F)F)cc3)c2=O)ccc1OCC(C)OC(=O)C(N)C(C)C. The lowest BCUT2D eigenvalue weighted by molar-refractivity contribution is -0.152. The Morgan fingerprint density at radius 2 is 1.79 bits per heavy atom. The Morgan fingerprint density at radius 3 is 2.39 bits per heavy atom. The van der Waals surface area contributed by atoms with Gasteiger partial charge in [0.15, 0.2) is 16.5 Å². The fourth-order valence-corrected chi connectivity index (χ4v) is 4.00. The molecule has 8 nitrogen and oxygen atoms in total. The van der Waals surface area contributed by atoms with Crippen LogP contribution < -0.4 is 20.8 Å². The fourth-order valence-electron chi connectivity index (χ4n) is 3.21. The lowest BCUT2D eigenvalue weighted by Crippen LogP contribution is -2.39. The quantitative estimate of drug-likeness (QED) is 0.362. The molecule has 0 radical (unpaired) electrons. The average Bonchev–Trinajstić information content (AvgIpc) is 2.87. The number of methoxy groups -OCH3 is 1. The molecule has 3 rings (SSSR count). The van der Waals surface area contributed by atoms with Gasteiger partial charge in [-0.05, 0) is 49.2 Å². The molecule has 2 aromatic carbocycles. The third-order valence-corrected chi connectivity index (χ3v) is 6.39. The Balaban J connectivity index is 1.74. The molecule has 2 atom stereocenters. The predicted octanol–water partition coefficient (Wildman–Crippen LogP) is 4.70. The molecule has 2 unspecified atom stereocenters. The molecule has 0 aliphatic heterocycles. The number of esters is 1. The third kappa shape index (κ3) is 7.29.